The van der Waals surface area contributed by atoms with Crippen LogP contribution in [-0.2, 0) is 21.3 Å². The quantitative estimate of drug-likeness (QED) is 0.811. The molecule has 1 saturated carbocycles. The average molecular weight is 348 g/mol. The second-order valence-electron chi connectivity index (χ2n) is 6.21. The number of ether oxygens (including phenoxy) is 1. The van der Waals surface area contributed by atoms with Gasteiger partial charge in [-0.3, -0.25) is 0 Å². The Morgan fingerprint density at radius 1 is 1.21 bits per heavy atom. The van der Waals surface area contributed by atoms with Crippen LogP contribution in [0.25, 0.3) is 0 Å². The molecule has 1 atom stereocenters. The normalized spacial score (nSPS) is 22.6. The van der Waals surface area contributed by atoms with Gasteiger partial charge in [0.15, 0.2) is 0 Å². The summed E-state index contributed by atoms with van der Waals surface area (Å²) in [4.78, 5) is 4.35. The van der Waals surface area contributed by atoms with Crippen LogP contribution in [0.3, 0.4) is 0 Å². The van der Waals surface area contributed by atoms with Crippen LogP contribution in [0.4, 0.5) is 0 Å². The van der Waals surface area contributed by atoms with Crippen LogP contribution in [0.2, 0.25) is 0 Å². The molecule has 1 aromatic carbocycles. The van der Waals surface area contributed by atoms with E-state index < -0.39 is 16.1 Å². The van der Waals surface area contributed by atoms with E-state index in [-0.39, 0.29) is 5.25 Å². The SMILES string of the molecule is O=S(=O)(C1CC1)N1CCOC[C@@H]1c1ncnn1Cc1ccccc1. The van der Waals surface area contributed by atoms with Crippen molar-refractivity contribution in [2.24, 2.45) is 0 Å². The summed E-state index contributed by atoms with van der Waals surface area (Å²) in [7, 11) is -3.28. The van der Waals surface area contributed by atoms with E-state index in [0.717, 1.165) is 18.4 Å². The Labute approximate surface area is 141 Å². The van der Waals surface area contributed by atoms with E-state index in [0.29, 0.717) is 32.1 Å². The molecule has 0 amide bonds. The van der Waals surface area contributed by atoms with E-state index >= 15 is 0 Å². The van der Waals surface area contributed by atoms with Crippen molar-refractivity contribution in [1.82, 2.24) is 19.1 Å². The highest BCUT2D eigenvalue weighted by atomic mass is 32.2. The summed E-state index contributed by atoms with van der Waals surface area (Å²) in [5.41, 5.74) is 1.09. The van der Waals surface area contributed by atoms with Gasteiger partial charge >= 0.3 is 0 Å². The van der Waals surface area contributed by atoms with E-state index in [2.05, 4.69) is 10.1 Å². The Hall–Kier alpha value is -1.77. The van der Waals surface area contributed by atoms with Gasteiger partial charge in [0.2, 0.25) is 10.0 Å². The van der Waals surface area contributed by atoms with Gasteiger partial charge in [-0.1, -0.05) is 30.3 Å². The van der Waals surface area contributed by atoms with Crippen LogP contribution in [0.5, 0.6) is 0 Å². The summed E-state index contributed by atoms with van der Waals surface area (Å²) in [6.45, 7) is 1.68. The molecule has 0 radical (unpaired) electrons. The standard InChI is InChI=1S/C16H20N4O3S/c21-24(22,14-6-7-14)20-8-9-23-11-15(20)16-17-12-18-19(16)10-13-4-2-1-3-5-13/h1-5,12,14-15H,6-11H2/t15-/m1/s1. The van der Waals surface area contributed by atoms with Crippen molar-refractivity contribution < 1.29 is 13.2 Å². The lowest BCUT2D eigenvalue weighted by Gasteiger charge is -2.34. The molecule has 1 saturated heterocycles. The highest BCUT2D eigenvalue weighted by Gasteiger charge is 2.45. The maximum absolute atomic E-state index is 12.7. The average Bonchev–Trinajstić information content (AvgIpc) is 3.37. The smallest absolute Gasteiger partial charge is 0.217 e. The predicted molar refractivity (Wildman–Crippen MR) is 87.8 cm³/mol. The van der Waals surface area contributed by atoms with Gasteiger partial charge in [-0.15, -0.1) is 0 Å². The monoisotopic (exact) mass is 348 g/mol. The number of benzene rings is 1. The Balaban J connectivity index is 1.63. The minimum absolute atomic E-state index is 0.233. The summed E-state index contributed by atoms with van der Waals surface area (Å²) >= 11 is 0. The van der Waals surface area contributed by atoms with Crippen molar-refractivity contribution in [3.05, 3.63) is 48.0 Å². The van der Waals surface area contributed by atoms with E-state index in [1.165, 1.54) is 6.33 Å². The van der Waals surface area contributed by atoms with Crippen molar-refractivity contribution in [3.8, 4) is 0 Å². The summed E-state index contributed by atoms with van der Waals surface area (Å²) in [5.74, 6) is 0.641. The third-order valence-corrected chi connectivity index (χ3v) is 6.88. The second kappa shape index (κ2) is 6.27. The van der Waals surface area contributed by atoms with Crippen LogP contribution >= 0.6 is 0 Å². The van der Waals surface area contributed by atoms with Crippen LogP contribution in [0.1, 0.15) is 30.3 Å². The molecule has 128 valence electrons. The molecule has 1 aromatic heterocycles. The predicted octanol–water partition coefficient (Wildman–Crippen LogP) is 1.19. The van der Waals surface area contributed by atoms with Gasteiger partial charge < -0.3 is 4.74 Å². The first-order valence-electron chi connectivity index (χ1n) is 8.16. The lowest BCUT2D eigenvalue weighted by Crippen LogP contribution is -2.45. The van der Waals surface area contributed by atoms with Crippen molar-refractivity contribution in [3.63, 3.8) is 0 Å². The molecule has 0 N–H and O–H groups in total. The fraction of sp³-hybridized carbons (Fsp3) is 0.500. The molecule has 1 aliphatic heterocycles. The van der Waals surface area contributed by atoms with Crippen molar-refractivity contribution in [1.29, 1.82) is 0 Å². The topological polar surface area (TPSA) is 77.3 Å². The van der Waals surface area contributed by atoms with Crippen LogP contribution in [-0.4, -0.2) is 52.5 Å². The Bertz CT molecular complexity index is 802. The zero-order valence-corrected chi connectivity index (χ0v) is 14.1. The molecule has 0 spiro atoms. The van der Waals surface area contributed by atoms with E-state index in [4.69, 9.17) is 4.74 Å². The van der Waals surface area contributed by atoms with E-state index in [9.17, 15) is 8.42 Å². The van der Waals surface area contributed by atoms with E-state index in [1.807, 2.05) is 30.3 Å². The fourth-order valence-corrected chi connectivity index (χ4v) is 5.02. The molecule has 1 aliphatic carbocycles. The third-order valence-electron chi connectivity index (χ3n) is 4.47. The minimum atomic E-state index is -3.28. The summed E-state index contributed by atoms with van der Waals surface area (Å²) in [6.07, 6.45) is 2.99. The second-order valence-corrected chi connectivity index (χ2v) is 8.37. The molecule has 7 nitrogen and oxygen atoms in total. The Morgan fingerprint density at radius 3 is 2.75 bits per heavy atom. The highest BCUT2D eigenvalue weighted by Crippen LogP contribution is 2.36. The van der Waals surface area contributed by atoms with Gasteiger partial charge in [-0.05, 0) is 18.4 Å². The maximum Gasteiger partial charge on any atom is 0.217 e. The number of morpholine rings is 1. The van der Waals surface area contributed by atoms with Gasteiger partial charge in [-0.2, -0.15) is 9.40 Å². The summed E-state index contributed by atoms with van der Waals surface area (Å²) in [6, 6.07) is 9.53. The molecule has 24 heavy (non-hydrogen) atoms. The number of nitrogens with zero attached hydrogens (tertiary/aromatic N) is 4. The minimum Gasteiger partial charge on any atom is -0.378 e. The molecule has 4 rings (SSSR count). The van der Waals surface area contributed by atoms with Crippen LogP contribution in [0, 0.1) is 0 Å². The molecule has 2 aliphatic rings. The first-order chi connectivity index (χ1) is 11.7. The molecular formula is C16H20N4O3S. The van der Waals surface area contributed by atoms with Crippen LogP contribution < -0.4 is 0 Å². The zero-order valence-electron chi connectivity index (χ0n) is 13.3. The van der Waals surface area contributed by atoms with Crippen molar-refractivity contribution in [2.45, 2.75) is 30.7 Å². The maximum atomic E-state index is 12.7. The van der Waals surface area contributed by atoms with Crippen LogP contribution in [0.15, 0.2) is 36.7 Å². The Morgan fingerprint density at radius 2 is 2.00 bits per heavy atom. The third kappa shape index (κ3) is 2.97. The number of hydrogen-bond acceptors (Lipinski definition) is 5. The lowest BCUT2D eigenvalue weighted by atomic mass is 10.2. The first kappa shape index (κ1) is 15.7. The summed E-state index contributed by atoms with van der Waals surface area (Å²) < 4.78 is 34.4. The molecule has 0 bridgehead atoms. The molecule has 2 heterocycles. The van der Waals surface area contributed by atoms with E-state index in [1.54, 1.807) is 8.99 Å². The zero-order chi connectivity index (χ0) is 16.6. The first-order valence-corrected chi connectivity index (χ1v) is 9.66. The number of sulfonamides is 1. The van der Waals surface area contributed by atoms with Gasteiger partial charge in [0.05, 0.1) is 25.0 Å². The molecule has 2 fully saturated rings. The Kier molecular flexibility index (Phi) is 4.11. The summed E-state index contributed by atoms with van der Waals surface area (Å²) in [5, 5.41) is 4.06. The molecular weight excluding hydrogens is 328 g/mol. The number of rotatable bonds is 5. The van der Waals surface area contributed by atoms with Gasteiger partial charge in [0, 0.05) is 6.54 Å². The molecule has 8 heteroatoms. The fourth-order valence-electron chi connectivity index (χ4n) is 3.06. The highest BCUT2D eigenvalue weighted by molar-refractivity contribution is 7.90. The van der Waals surface area contributed by atoms with Gasteiger partial charge in [0.25, 0.3) is 0 Å². The van der Waals surface area contributed by atoms with Crippen molar-refractivity contribution in [2.75, 3.05) is 19.8 Å². The molecule has 2 aromatic rings. The van der Waals surface area contributed by atoms with Gasteiger partial charge in [0.1, 0.15) is 18.2 Å². The largest absolute Gasteiger partial charge is 0.378 e. The van der Waals surface area contributed by atoms with Gasteiger partial charge in [-0.25, -0.2) is 18.1 Å². The number of hydrogen-bond donors (Lipinski definition) is 0. The number of aromatic nitrogens is 3. The lowest BCUT2D eigenvalue weighted by molar-refractivity contribution is 0.0274. The van der Waals surface area contributed by atoms with Crippen molar-refractivity contribution >= 4 is 10.0 Å². The molecule has 0 unspecified atom stereocenters.